The van der Waals surface area contributed by atoms with Crippen LogP contribution in [0, 0.1) is 0 Å². The molecule has 1 aromatic rings. The second kappa shape index (κ2) is 3.24. The molecule has 1 aliphatic rings. The molecule has 0 atom stereocenters. The Labute approximate surface area is 86.5 Å². The summed E-state index contributed by atoms with van der Waals surface area (Å²) in [5.41, 5.74) is 1.52. The molecule has 1 aromatic carbocycles. The van der Waals surface area contributed by atoms with Crippen LogP contribution < -0.4 is 5.32 Å². The van der Waals surface area contributed by atoms with Gasteiger partial charge < -0.3 is 10.1 Å². The van der Waals surface area contributed by atoms with Crippen LogP contribution in [0.15, 0.2) is 24.8 Å². The molecule has 0 unspecified atom stereocenters. The number of fused-ring (bicyclic) bond motifs is 1. The number of cyclic esters (lactones) is 1. The third-order valence-corrected chi connectivity index (χ3v) is 2.25. The van der Waals surface area contributed by atoms with Gasteiger partial charge in [-0.1, -0.05) is 6.58 Å². The Bertz CT molecular complexity index is 477. The fourth-order valence-electron chi connectivity index (χ4n) is 1.46. The molecule has 0 saturated carbocycles. The SMILES string of the molecule is C=C1OC(=O)c2ccc(C(=O)NC)cc21. The van der Waals surface area contributed by atoms with Gasteiger partial charge in [-0.25, -0.2) is 4.79 Å². The third-order valence-electron chi connectivity index (χ3n) is 2.25. The van der Waals surface area contributed by atoms with Gasteiger partial charge in [-0.05, 0) is 18.2 Å². The van der Waals surface area contributed by atoms with Crippen LogP contribution >= 0.6 is 0 Å². The van der Waals surface area contributed by atoms with Gasteiger partial charge in [0.2, 0.25) is 0 Å². The molecule has 0 saturated heterocycles. The van der Waals surface area contributed by atoms with Crippen molar-refractivity contribution in [2.24, 2.45) is 0 Å². The molecule has 1 amide bonds. The zero-order valence-corrected chi connectivity index (χ0v) is 8.16. The van der Waals surface area contributed by atoms with E-state index in [1.807, 2.05) is 0 Å². The van der Waals surface area contributed by atoms with E-state index in [1.165, 1.54) is 0 Å². The standard InChI is InChI=1S/C11H9NO3/c1-6-9-5-7(10(13)12-2)3-4-8(9)11(14)15-6/h3-5H,1H2,2H3,(H,12,13). The van der Waals surface area contributed by atoms with E-state index in [1.54, 1.807) is 25.2 Å². The Hall–Kier alpha value is -2.10. The minimum absolute atomic E-state index is 0.204. The van der Waals surface area contributed by atoms with Crippen molar-refractivity contribution in [1.29, 1.82) is 0 Å². The molecular weight excluding hydrogens is 194 g/mol. The number of amides is 1. The lowest BCUT2D eigenvalue weighted by molar-refractivity contribution is 0.0716. The van der Waals surface area contributed by atoms with E-state index in [2.05, 4.69) is 11.9 Å². The Morgan fingerprint density at radius 2 is 2.13 bits per heavy atom. The Balaban J connectivity index is 2.52. The largest absolute Gasteiger partial charge is 0.423 e. The summed E-state index contributed by atoms with van der Waals surface area (Å²) in [7, 11) is 1.55. The van der Waals surface area contributed by atoms with Gasteiger partial charge in [0, 0.05) is 18.2 Å². The topological polar surface area (TPSA) is 55.4 Å². The fourth-order valence-corrected chi connectivity index (χ4v) is 1.46. The van der Waals surface area contributed by atoms with E-state index in [0.29, 0.717) is 22.4 Å². The zero-order chi connectivity index (χ0) is 11.0. The molecule has 4 nitrogen and oxygen atoms in total. The maximum Gasteiger partial charge on any atom is 0.344 e. The summed E-state index contributed by atoms with van der Waals surface area (Å²) in [5.74, 6) is -0.329. The lowest BCUT2D eigenvalue weighted by Gasteiger charge is -2.01. The smallest absolute Gasteiger partial charge is 0.344 e. The number of benzene rings is 1. The first-order valence-electron chi connectivity index (χ1n) is 4.41. The predicted molar refractivity (Wildman–Crippen MR) is 54.3 cm³/mol. The third kappa shape index (κ3) is 1.40. The van der Waals surface area contributed by atoms with Crippen LogP contribution in [0.3, 0.4) is 0 Å². The zero-order valence-electron chi connectivity index (χ0n) is 8.16. The van der Waals surface area contributed by atoms with Crippen LogP contribution in [0.5, 0.6) is 0 Å². The van der Waals surface area contributed by atoms with E-state index in [9.17, 15) is 9.59 Å². The van der Waals surface area contributed by atoms with Crippen LogP contribution in [0.1, 0.15) is 26.3 Å². The van der Waals surface area contributed by atoms with Crippen LogP contribution in [-0.4, -0.2) is 18.9 Å². The van der Waals surface area contributed by atoms with Crippen molar-refractivity contribution in [2.75, 3.05) is 7.05 Å². The van der Waals surface area contributed by atoms with Crippen molar-refractivity contribution in [3.05, 3.63) is 41.5 Å². The molecule has 0 spiro atoms. The average molecular weight is 203 g/mol. The molecule has 0 bridgehead atoms. The van der Waals surface area contributed by atoms with E-state index >= 15 is 0 Å². The monoisotopic (exact) mass is 203 g/mol. The highest BCUT2D eigenvalue weighted by Crippen LogP contribution is 2.28. The van der Waals surface area contributed by atoms with Gasteiger partial charge in [0.05, 0.1) is 5.56 Å². The summed E-state index contributed by atoms with van der Waals surface area (Å²) in [6, 6.07) is 4.75. The van der Waals surface area contributed by atoms with Crippen molar-refractivity contribution in [1.82, 2.24) is 5.32 Å². The summed E-state index contributed by atoms with van der Waals surface area (Å²) in [6.45, 7) is 3.60. The van der Waals surface area contributed by atoms with E-state index in [0.717, 1.165) is 0 Å². The van der Waals surface area contributed by atoms with Crippen LogP contribution in [0.4, 0.5) is 0 Å². The summed E-state index contributed by atoms with van der Waals surface area (Å²) < 4.78 is 4.83. The number of rotatable bonds is 1. The van der Waals surface area contributed by atoms with Crippen LogP contribution in [0.2, 0.25) is 0 Å². The van der Waals surface area contributed by atoms with Crippen molar-refractivity contribution in [3.63, 3.8) is 0 Å². The molecule has 2 rings (SSSR count). The van der Waals surface area contributed by atoms with Gasteiger partial charge in [-0.3, -0.25) is 4.79 Å². The predicted octanol–water partition coefficient (Wildman–Crippen LogP) is 1.19. The summed E-state index contributed by atoms with van der Waals surface area (Å²) in [4.78, 5) is 22.6. The second-order valence-electron chi connectivity index (χ2n) is 3.15. The fraction of sp³-hybridized carbons (Fsp3) is 0.0909. The maximum atomic E-state index is 11.3. The molecule has 4 heteroatoms. The first-order chi connectivity index (χ1) is 7.13. The molecule has 0 aromatic heterocycles. The number of carbonyl (C=O) groups is 2. The average Bonchev–Trinajstić information content (AvgIpc) is 2.53. The normalized spacial score (nSPS) is 13.4. The van der Waals surface area contributed by atoms with Crippen molar-refractivity contribution >= 4 is 17.6 Å². The molecule has 1 N–H and O–H groups in total. The molecule has 0 fully saturated rings. The van der Waals surface area contributed by atoms with Crippen LogP contribution in [0.25, 0.3) is 5.76 Å². The maximum absolute atomic E-state index is 11.3. The number of hydrogen-bond acceptors (Lipinski definition) is 3. The molecule has 76 valence electrons. The minimum atomic E-state index is -0.418. The van der Waals surface area contributed by atoms with Gasteiger partial charge in [0.15, 0.2) is 0 Å². The number of nitrogens with one attached hydrogen (secondary N) is 1. The number of ether oxygens (including phenoxy) is 1. The second-order valence-corrected chi connectivity index (χ2v) is 3.15. The number of hydrogen-bond donors (Lipinski definition) is 1. The highest BCUT2D eigenvalue weighted by molar-refractivity contribution is 6.04. The summed E-state index contributed by atoms with van der Waals surface area (Å²) in [6.07, 6.45) is 0. The van der Waals surface area contributed by atoms with Crippen molar-refractivity contribution in [3.8, 4) is 0 Å². The Morgan fingerprint density at radius 3 is 2.80 bits per heavy atom. The van der Waals surface area contributed by atoms with Crippen LogP contribution in [-0.2, 0) is 4.74 Å². The molecule has 1 heterocycles. The lowest BCUT2D eigenvalue weighted by atomic mass is 10.0. The summed E-state index contributed by atoms with van der Waals surface area (Å²) >= 11 is 0. The minimum Gasteiger partial charge on any atom is -0.423 e. The van der Waals surface area contributed by atoms with Gasteiger partial charge in [-0.15, -0.1) is 0 Å². The van der Waals surface area contributed by atoms with E-state index in [4.69, 9.17) is 4.74 Å². The van der Waals surface area contributed by atoms with Crippen molar-refractivity contribution in [2.45, 2.75) is 0 Å². The van der Waals surface area contributed by atoms with Gasteiger partial charge >= 0.3 is 5.97 Å². The molecule has 1 aliphatic heterocycles. The lowest BCUT2D eigenvalue weighted by Crippen LogP contribution is -2.17. The first-order valence-corrected chi connectivity index (χ1v) is 4.41. The Morgan fingerprint density at radius 1 is 1.40 bits per heavy atom. The highest BCUT2D eigenvalue weighted by atomic mass is 16.5. The van der Waals surface area contributed by atoms with Gasteiger partial charge in [0.1, 0.15) is 5.76 Å². The molecule has 15 heavy (non-hydrogen) atoms. The van der Waals surface area contributed by atoms with Gasteiger partial charge in [0.25, 0.3) is 5.91 Å². The first kappa shape index (κ1) is 9.45. The van der Waals surface area contributed by atoms with E-state index < -0.39 is 5.97 Å². The van der Waals surface area contributed by atoms with E-state index in [-0.39, 0.29) is 5.91 Å². The summed E-state index contributed by atoms with van der Waals surface area (Å²) in [5, 5.41) is 2.50. The molecule has 0 radical (unpaired) electrons. The molecule has 0 aliphatic carbocycles. The number of esters is 1. The van der Waals surface area contributed by atoms with Gasteiger partial charge in [-0.2, -0.15) is 0 Å². The van der Waals surface area contributed by atoms with Crippen molar-refractivity contribution < 1.29 is 14.3 Å². The number of carbonyl (C=O) groups excluding carboxylic acids is 2. The Kier molecular flexibility index (Phi) is 2.04. The highest BCUT2D eigenvalue weighted by Gasteiger charge is 2.25. The molecular formula is C11H9NO3. The quantitative estimate of drug-likeness (QED) is 0.697.